The highest BCUT2D eigenvalue weighted by Crippen LogP contribution is 2.22. The molecule has 1 fully saturated rings. The monoisotopic (exact) mass is 296 g/mol. The van der Waals surface area contributed by atoms with Gasteiger partial charge in [0.05, 0.1) is 24.2 Å². The van der Waals surface area contributed by atoms with Crippen LogP contribution < -0.4 is 0 Å². The summed E-state index contributed by atoms with van der Waals surface area (Å²) in [6.45, 7) is 0.860. The number of imide groups is 1. The van der Waals surface area contributed by atoms with Crippen molar-refractivity contribution < 1.29 is 9.59 Å². The molecule has 1 aromatic rings. The smallest absolute Gasteiger partial charge is 0.262 e. The minimum Gasteiger partial charge on any atom is -0.292 e. The van der Waals surface area contributed by atoms with E-state index in [-0.39, 0.29) is 18.4 Å². The predicted molar refractivity (Wildman–Crippen MR) is 84.5 cm³/mol. The number of rotatable bonds is 3. The van der Waals surface area contributed by atoms with Crippen molar-refractivity contribution >= 4 is 11.8 Å². The summed E-state index contributed by atoms with van der Waals surface area (Å²) >= 11 is 0. The Labute approximate surface area is 131 Å². The topological polar surface area (TPSA) is 40.6 Å². The summed E-state index contributed by atoms with van der Waals surface area (Å²) < 4.78 is 0. The standard InChI is InChI=1S/C18H20N2O2/c1-19(14-8-2-3-9-14)12-6-7-13-20-17(21)15-10-4-5-11-16(15)18(20)22/h4-5,10-11,14H,2-3,8-9,12-13H2,1H3. The highest BCUT2D eigenvalue weighted by molar-refractivity contribution is 6.21. The van der Waals surface area contributed by atoms with Crippen LogP contribution in [0, 0.1) is 11.8 Å². The first-order valence-electron chi connectivity index (χ1n) is 7.79. The van der Waals surface area contributed by atoms with E-state index < -0.39 is 0 Å². The molecule has 2 amide bonds. The average Bonchev–Trinajstić information content (AvgIpc) is 3.14. The molecule has 1 heterocycles. The van der Waals surface area contributed by atoms with Crippen LogP contribution in [-0.2, 0) is 0 Å². The zero-order valence-electron chi connectivity index (χ0n) is 12.8. The lowest BCUT2D eigenvalue weighted by Crippen LogP contribution is -2.31. The highest BCUT2D eigenvalue weighted by Gasteiger charge is 2.34. The molecule has 0 unspecified atom stereocenters. The summed E-state index contributed by atoms with van der Waals surface area (Å²) in [5.74, 6) is 5.58. The van der Waals surface area contributed by atoms with Gasteiger partial charge in [0.15, 0.2) is 0 Å². The van der Waals surface area contributed by atoms with Crippen LogP contribution in [0.5, 0.6) is 0 Å². The molecule has 0 radical (unpaired) electrons. The summed E-state index contributed by atoms with van der Waals surface area (Å²) in [7, 11) is 2.09. The molecule has 1 aromatic carbocycles. The van der Waals surface area contributed by atoms with Crippen molar-refractivity contribution in [2.75, 3.05) is 20.1 Å². The molecule has 1 aliphatic carbocycles. The fourth-order valence-electron chi connectivity index (χ4n) is 3.17. The fourth-order valence-corrected chi connectivity index (χ4v) is 3.17. The van der Waals surface area contributed by atoms with Gasteiger partial charge in [0.1, 0.15) is 0 Å². The Bertz CT molecular complexity index is 616. The van der Waals surface area contributed by atoms with E-state index in [2.05, 4.69) is 23.8 Å². The molecule has 3 rings (SSSR count). The molecule has 0 bridgehead atoms. The van der Waals surface area contributed by atoms with Gasteiger partial charge in [-0.15, -0.1) is 0 Å². The molecule has 0 spiro atoms. The molecule has 114 valence electrons. The lowest BCUT2D eigenvalue weighted by atomic mass is 10.1. The van der Waals surface area contributed by atoms with E-state index in [1.165, 1.54) is 30.6 Å². The van der Waals surface area contributed by atoms with Crippen LogP contribution in [0.4, 0.5) is 0 Å². The van der Waals surface area contributed by atoms with Gasteiger partial charge < -0.3 is 0 Å². The summed E-state index contributed by atoms with van der Waals surface area (Å²) in [5, 5.41) is 0. The van der Waals surface area contributed by atoms with E-state index in [1.54, 1.807) is 24.3 Å². The van der Waals surface area contributed by atoms with Crippen molar-refractivity contribution in [3.05, 3.63) is 35.4 Å². The molecule has 4 nitrogen and oxygen atoms in total. The number of hydrogen-bond acceptors (Lipinski definition) is 3. The Balaban J connectivity index is 1.58. The molecule has 22 heavy (non-hydrogen) atoms. The van der Waals surface area contributed by atoms with E-state index in [0.717, 1.165) is 0 Å². The molecule has 0 aromatic heterocycles. The number of carbonyl (C=O) groups is 2. The van der Waals surface area contributed by atoms with Crippen molar-refractivity contribution in [1.29, 1.82) is 0 Å². The Morgan fingerprint density at radius 1 is 1.09 bits per heavy atom. The van der Waals surface area contributed by atoms with Gasteiger partial charge >= 0.3 is 0 Å². The largest absolute Gasteiger partial charge is 0.292 e. The Hall–Kier alpha value is -2.12. The fraction of sp³-hybridized carbons (Fsp3) is 0.444. The van der Waals surface area contributed by atoms with Gasteiger partial charge in [0.2, 0.25) is 0 Å². The minimum atomic E-state index is -0.237. The maximum atomic E-state index is 12.2. The molecular weight excluding hydrogens is 276 g/mol. The number of hydrogen-bond donors (Lipinski definition) is 0. The Kier molecular flexibility index (Phi) is 4.26. The van der Waals surface area contributed by atoms with Crippen LogP contribution >= 0.6 is 0 Å². The summed E-state index contributed by atoms with van der Waals surface area (Å²) in [5.41, 5.74) is 0.967. The van der Waals surface area contributed by atoms with E-state index in [4.69, 9.17) is 0 Å². The highest BCUT2D eigenvalue weighted by atomic mass is 16.2. The maximum Gasteiger partial charge on any atom is 0.262 e. The van der Waals surface area contributed by atoms with Crippen molar-refractivity contribution in [2.45, 2.75) is 31.7 Å². The van der Waals surface area contributed by atoms with Crippen molar-refractivity contribution in [1.82, 2.24) is 9.80 Å². The molecule has 0 saturated heterocycles. The molecule has 1 saturated carbocycles. The number of carbonyl (C=O) groups excluding carboxylic acids is 2. The Morgan fingerprint density at radius 2 is 1.68 bits per heavy atom. The van der Waals surface area contributed by atoms with E-state index in [0.29, 0.717) is 23.7 Å². The van der Waals surface area contributed by atoms with Crippen LogP contribution in [0.2, 0.25) is 0 Å². The predicted octanol–water partition coefficient (Wildman–Crippen LogP) is 2.16. The second kappa shape index (κ2) is 6.33. The van der Waals surface area contributed by atoms with Gasteiger partial charge in [-0.05, 0) is 32.0 Å². The third kappa shape index (κ3) is 2.77. The zero-order chi connectivity index (χ0) is 15.5. The van der Waals surface area contributed by atoms with E-state index >= 15 is 0 Å². The number of fused-ring (bicyclic) bond motifs is 1. The molecule has 4 heteroatoms. The molecule has 2 aliphatic rings. The Morgan fingerprint density at radius 3 is 2.27 bits per heavy atom. The van der Waals surface area contributed by atoms with Crippen molar-refractivity contribution in [3.63, 3.8) is 0 Å². The molecule has 0 N–H and O–H groups in total. The van der Waals surface area contributed by atoms with Gasteiger partial charge in [0.25, 0.3) is 11.8 Å². The van der Waals surface area contributed by atoms with Gasteiger partial charge in [-0.25, -0.2) is 0 Å². The number of nitrogens with zero attached hydrogens (tertiary/aromatic N) is 2. The first-order chi connectivity index (χ1) is 10.7. The minimum absolute atomic E-state index is 0.171. The maximum absolute atomic E-state index is 12.2. The third-order valence-corrected chi connectivity index (χ3v) is 4.52. The quantitative estimate of drug-likeness (QED) is 0.634. The van der Waals surface area contributed by atoms with Gasteiger partial charge in [0, 0.05) is 6.04 Å². The normalized spacial score (nSPS) is 17.8. The summed E-state index contributed by atoms with van der Waals surface area (Å²) in [4.78, 5) is 27.8. The van der Waals surface area contributed by atoms with Gasteiger partial charge in [-0.3, -0.25) is 19.4 Å². The molecule has 0 atom stereocenters. The zero-order valence-corrected chi connectivity index (χ0v) is 12.8. The van der Waals surface area contributed by atoms with Crippen LogP contribution in [-0.4, -0.2) is 47.8 Å². The van der Waals surface area contributed by atoms with Crippen molar-refractivity contribution in [2.24, 2.45) is 0 Å². The molecular formula is C18H20N2O2. The van der Waals surface area contributed by atoms with E-state index in [1.807, 2.05) is 0 Å². The number of benzene rings is 1. The van der Waals surface area contributed by atoms with Crippen LogP contribution in [0.15, 0.2) is 24.3 Å². The van der Waals surface area contributed by atoms with Crippen LogP contribution in [0.3, 0.4) is 0 Å². The lowest BCUT2D eigenvalue weighted by molar-refractivity contribution is 0.0675. The van der Waals surface area contributed by atoms with Crippen LogP contribution in [0.25, 0.3) is 0 Å². The van der Waals surface area contributed by atoms with Crippen LogP contribution in [0.1, 0.15) is 46.4 Å². The SMILES string of the molecule is CN(CC#CCN1C(=O)c2ccccc2C1=O)C1CCCC1. The second-order valence-electron chi connectivity index (χ2n) is 5.95. The average molecular weight is 296 g/mol. The summed E-state index contributed by atoms with van der Waals surface area (Å²) in [6, 6.07) is 7.56. The van der Waals surface area contributed by atoms with E-state index in [9.17, 15) is 9.59 Å². The third-order valence-electron chi connectivity index (χ3n) is 4.52. The van der Waals surface area contributed by atoms with Gasteiger partial charge in [-0.1, -0.05) is 36.8 Å². The molecule has 1 aliphatic heterocycles. The second-order valence-corrected chi connectivity index (χ2v) is 5.95. The van der Waals surface area contributed by atoms with Crippen molar-refractivity contribution in [3.8, 4) is 11.8 Å². The van der Waals surface area contributed by atoms with Gasteiger partial charge in [-0.2, -0.15) is 0 Å². The first-order valence-corrected chi connectivity index (χ1v) is 7.79. The lowest BCUT2D eigenvalue weighted by Gasteiger charge is -2.21. The summed E-state index contributed by atoms with van der Waals surface area (Å²) in [6.07, 6.45) is 5.10. The first kappa shape index (κ1) is 14.8. The number of amides is 2.